The molecule has 0 aromatic carbocycles. The summed E-state index contributed by atoms with van der Waals surface area (Å²) < 4.78 is 27.7. The monoisotopic (exact) mass is 379 g/mol. The SMILES string of the molecule is CN(CC(=O)NCCc1nnc2ccccn12)S(=O)(=O)c1cccs1. The van der Waals surface area contributed by atoms with Crippen LogP contribution in [0.25, 0.3) is 5.65 Å². The number of fused-ring (bicyclic) bond motifs is 1. The molecule has 25 heavy (non-hydrogen) atoms. The van der Waals surface area contributed by atoms with Crippen LogP contribution >= 0.6 is 11.3 Å². The zero-order valence-corrected chi connectivity index (χ0v) is 15.1. The highest BCUT2D eigenvalue weighted by Crippen LogP contribution is 2.19. The molecule has 0 radical (unpaired) electrons. The van der Waals surface area contributed by atoms with Crippen molar-refractivity contribution in [2.75, 3.05) is 20.1 Å². The zero-order valence-electron chi connectivity index (χ0n) is 13.5. The minimum absolute atomic E-state index is 0.220. The largest absolute Gasteiger partial charge is 0.355 e. The van der Waals surface area contributed by atoms with E-state index in [1.54, 1.807) is 11.4 Å². The number of hydrogen-bond donors (Lipinski definition) is 1. The first-order valence-electron chi connectivity index (χ1n) is 7.53. The molecule has 0 aliphatic rings. The third-order valence-corrected chi connectivity index (χ3v) is 6.76. The summed E-state index contributed by atoms with van der Waals surface area (Å²) in [5.74, 6) is 0.368. The molecule has 0 aliphatic carbocycles. The minimum atomic E-state index is -3.62. The third kappa shape index (κ3) is 3.86. The number of carbonyl (C=O) groups excluding carboxylic acids is 1. The summed E-state index contributed by atoms with van der Waals surface area (Å²) >= 11 is 1.12. The lowest BCUT2D eigenvalue weighted by molar-refractivity contribution is -0.121. The van der Waals surface area contributed by atoms with Crippen molar-refractivity contribution in [2.45, 2.75) is 10.6 Å². The molecule has 0 bridgehead atoms. The average Bonchev–Trinajstić information content (AvgIpc) is 3.25. The Labute approximate surface area is 149 Å². The number of carbonyl (C=O) groups is 1. The average molecular weight is 379 g/mol. The second-order valence-corrected chi connectivity index (χ2v) is 8.56. The van der Waals surface area contributed by atoms with Crippen LogP contribution in [-0.4, -0.2) is 53.4 Å². The summed E-state index contributed by atoms with van der Waals surface area (Å²) in [6.07, 6.45) is 2.35. The zero-order chi connectivity index (χ0) is 17.9. The number of likely N-dealkylation sites (N-methyl/N-ethyl adjacent to an activating group) is 1. The Kier molecular flexibility index (Phi) is 5.11. The summed E-state index contributed by atoms with van der Waals surface area (Å²) in [5, 5.41) is 12.5. The van der Waals surface area contributed by atoms with E-state index in [0.717, 1.165) is 27.1 Å². The van der Waals surface area contributed by atoms with Crippen molar-refractivity contribution in [1.82, 2.24) is 24.2 Å². The van der Waals surface area contributed by atoms with Crippen LogP contribution < -0.4 is 5.32 Å². The number of aromatic nitrogens is 3. The maximum atomic E-state index is 12.3. The molecule has 132 valence electrons. The van der Waals surface area contributed by atoms with Crippen LogP contribution in [0.1, 0.15) is 5.82 Å². The second-order valence-electron chi connectivity index (χ2n) is 5.34. The van der Waals surface area contributed by atoms with Crippen LogP contribution in [0.2, 0.25) is 0 Å². The minimum Gasteiger partial charge on any atom is -0.355 e. The highest BCUT2D eigenvalue weighted by molar-refractivity contribution is 7.91. The van der Waals surface area contributed by atoms with Gasteiger partial charge in [0.05, 0.1) is 6.54 Å². The molecular formula is C15H17N5O3S2. The molecule has 0 atom stereocenters. The van der Waals surface area contributed by atoms with Crippen molar-refractivity contribution in [2.24, 2.45) is 0 Å². The van der Waals surface area contributed by atoms with Gasteiger partial charge in [0.2, 0.25) is 5.91 Å². The van der Waals surface area contributed by atoms with Gasteiger partial charge in [0.1, 0.15) is 10.0 Å². The molecule has 0 saturated carbocycles. The normalized spacial score (nSPS) is 11.9. The van der Waals surface area contributed by atoms with E-state index in [1.807, 2.05) is 28.8 Å². The van der Waals surface area contributed by atoms with E-state index in [1.165, 1.54) is 13.1 Å². The van der Waals surface area contributed by atoms with Crippen LogP contribution in [0.15, 0.2) is 46.1 Å². The number of rotatable bonds is 7. The van der Waals surface area contributed by atoms with Crippen LogP contribution in [-0.2, 0) is 21.2 Å². The molecule has 8 nitrogen and oxygen atoms in total. The van der Waals surface area contributed by atoms with Crippen molar-refractivity contribution >= 4 is 32.9 Å². The lowest BCUT2D eigenvalue weighted by atomic mass is 10.4. The lowest BCUT2D eigenvalue weighted by Crippen LogP contribution is -2.38. The predicted octanol–water partition coefficient (Wildman–Crippen LogP) is 0.770. The fraction of sp³-hybridized carbons (Fsp3) is 0.267. The standard InChI is InChI=1S/C15H17N5O3S2/c1-19(25(22,23)15-6-4-10-24-15)11-14(21)16-8-7-13-18-17-12-5-2-3-9-20(12)13/h2-6,9-10H,7-8,11H2,1H3,(H,16,21). The predicted molar refractivity (Wildman–Crippen MR) is 93.8 cm³/mol. The smallest absolute Gasteiger partial charge is 0.252 e. The first kappa shape index (κ1) is 17.5. The summed E-state index contributed by atoms with van der Waals surface area (Å²) in [6, 6.07) is 8.78. The molecule has 0 unspecified atom stereocenters. The molecule has 1 amide bonds. The van der Waals surface area contributed by atoms with E-state index in [4.69, 9.17) is 0 Å². The number of amides is 1. The number of hydrogen-bond acceptors (Lipinski definition) is 6. The summed E-state index contributed by atoms with van der Waals surface area (Å²) in [7, 11) is -2.23. The fourth-order valence-electron chi connectivity index (χ4n) is 2.28. The molecule has 0 saturated heterocycles. The fourth-order valence-corrected chi connectivity index (χ4v) is 4.61. The van der Waals surface area contributed by atoms with Gasteiger partial charge < -0.3 is 5.32 Å². The Bertz CT molecular complexity index is 966. The van der Waals surface area contributed by atoms with Gasteiger partial charge in [-0.1, -0.05) is 12.1 Å². The van der Waals surface area contributed by atoms with Crippen LogP contribution in [0.4, 0.5) is 0 Å². The van der Waals surface area contributed by atoms with Gasteiger partial charge in [-0.2, -0.15) is 4.31 Å². The lowest BCUT2D eigenvalue weighted by Gasteiger charge is -2.15. The second kappa shape index (κ2) is 7.30. The third-order valence-electron chi connectivity index (χ3n) is 3.58. The molecule has 3 rings (SSSR count). The topological polar surface area (TPSA) is 96.7 Å². The first-order chi connectivity index (χ1) is 12.0. The van der Waals surface area contributed by atoms with Gasteiger partial charge >= 0.3 is 0 Å². The van der Waals surface area contributed by atoms with Gasteiger partial charge in [0.15, 0.2) is 5.65 Å². The van der Waals surface area contributed by atoms with Crippen molar-refractivity contribution in [1.29, 1.82) is 0 Å². The Morgan fingerprint density at radius 3 is 2.88 bits per heavy atom. The number of nitrogens with zero attached hydrogens (tertiary/aromatic N) is 4. The van der Waals surface area contributed by atoms with Gasteiger partial charge in [0, 0.05) is 26.2 Å². The molecular weight excluding hydrogens is 362 g/mol. The summed E-state index contributed by atoms with van der Waals surface area (Å²) in [4.78, 5) is 12.0. The van der Waals surface area contributed by atoms with Gasteiger partial charge in [-0.25, -0.2) is 8.42 Å². The van der Waals surface area contributed by atoms with Crippen molar-refractivity contribution in [3.63, 3.8) is 0 Å². The van der Waals surface area contributed by atoms with Crippen molar-refractivity contribution < 1.29 is 13.2 Å². The number of pyridine rings is 1. The number of thiophene rings is 1. The highest BCUT2D eigenvalue weighted by atomic mass is 32.2. The van der Waals surface area contributed by atoms with Gasteiger partial charge in [-0.3, -0.25) is 9.20 Å². The molecule has 0 fully saturated rings. The van der Waals surface area contributed by atoms with Crippen molar-refractivity contribution in [3.8, 4) is 0 Å². The molecule has 0 spiro atoms. The van der Waals surface area contributed by atoms with Crippen molar-refractivity contribution in [3.05, 3.63) is 47.7 Å². The van der Waals surface area contributed by atoms with Gasteiger partial charge in [0.25, 0.3) is 10.0 Å². The van der Waals surface area contributed by atoms with Gasteiger partial charge in [-0.05, 0) is 23.6 Å². The van der Waals surface area contributed by atoms with E-state index < -0.39 is 10.0 Å². The Balaban J connectivity index is 1.53. The molecule has 3 aromatic heterocycles. The maximum Gasteiger partial charge on any atom is 0.252 e. The first-order valence-corrected chi connectivity index (χ1v) is 9.85. The maximum absolute atomic E-state index is 12.3. The van der Waals surface area contributed by atoms with E-state index >= 15 is 0 Å². The number of nitrogens with one attached hydrogen (secondary N) is 1. The van der Waals surface area contributed by atoms with Crippen LogP contribution in [0, 0.1) is 0 Å². The summed E-state index contributed by atoms with van der Waals surface area (Å²) in [5.41, 5.74) is 0.741. The van der Waals surface area contributed by atoms with E-state index in [2.05, 4.69) is 15.5 Å². The van der Waals surface area contributed by atoms with Crippen LogP contribution in [0.3, 0.4) is 0 Å². The van der Waals surface area contributed by atoms with E-state index in [-0.39, 0.29) is 16.7 Å². The molecule has 10 heteroatoms. The summed E-state index contributed by atoms with van der Waals surface area (Å²) in [6.45, 7) is 0.113. The highest BCUT2D eigenvalue weighted by Gasteiger charge is 2.23. The molecule has 1 N–H and O–H groups in total. The Hall–Kier alpha value is -2.30. The van der Waals surface area contributed by atoms with Crippen LogP contribution in [0.5, 0.6) is 0 Å². The van der Waals surface area contributed by atoms with Gasteiger partial charge in [-0.15, -0.1) is 21.5 Å². The number of sulfonamides is 1. The quantitative estimate of drug-likeness (QED) is 0.654. The molecule has 3 aromatic rings. The molecule has 0 aliphatic heterocycles. The Morgan fingerprint density at radius 2 is 2.12 bits per heavy atom. The molecule has 3 heterocycles. The van der Waals surface area contributed by atoms with E-state index in [0.29, 0.717) is 13.0 Å². The Morgan fingerprint density at radius 1 is 1.28 bits per heavy atom. The van der Waals surface area contributed by atoms with E-state index in [9.17, 15) is 13.2 Å².